The zero-order valence-electron chi connectivity index (χ0n) is 16.6. The van der Waals surface area contributed by atoms with Gasteiger partial charge in [0.2, 0.25) is 0 Å². The smallest absolute Gasteiger partial charge is 0.288 e. The Kier molecular flexibility index (Phi) is 7.55. The van der Waals surface area contributed by atoms with Gasteiger partial charge in [-0.15, -0.1) is 0 Å². The fraction of sp³-hybridized carbons (Fsp3) is 0.286. The molecule has 0 radical (unpaired) electrons. The number of halogens is 1. The van der Waals surface area contributed by atoms with Gasteiger partial charge in [0.1, 0.15) is 10.8 Å². The minimum Gasteiger partial charge on any atom is -0.484 e. The van der Waals surface area contributed by atoms with E-state index in [9.17, 15) is 19.7 Å². The van der Waals surface area contributed by atoms with Crippen LogP contribution < -0.4 is 10.2 Å². The van der Waals surface area contributed by atoms with Gasteiger partial charge in [-0.2, -0.15) is 5.10 Å². The monoisotopic (exact) mass is 444 g/mol. The number of piperidine rings is 1. The summed E-state index contributed by atoms with van der Waals surface area (Å²) in [4.78, 5) is 36.3. The van der Waals surface area contributed by atoms with E-state index in [1.807, 2.05) is 4.90 Å². The van der Waals surface area contributed by atoms with Crippen LogP contribution in [-0.4, -0.2) is 47.5 Å². The van der Waals surface area contributed by atoms with Gasteiger partial charge in [-0.25, -0.2) is 5.43 Å². The van der Waals surface area contributed by atoms with Gasteiger partial charge in [-0.1, -0.05) is 11.6 Å². The number of amides is 2. The summed E-state index contributed by atoms with van der Waals surface area (Å²) in [5.74, 6) is -0.0669. The molecule has 31 heavy (non-hydrogen) atoms. The van der Waals surface area contributed by atoms with E-state index in [1.165, 1.54) is 18.3 Å². The zero-order chi connectivity index (χ0) is 22.2. The standard InChI is InChI=1S/C21H21ClN4O5/c22-18-9-6-16(12-19(18)26(29)30)21(28)24-23-13-15-4-7-17(8-5-15)31-14-20(27)25-10-2-1-3-11-25/h4-9,12-13H,1-3,10-11,14H2,(H,24,28)/b23-13+. The molecule has 1 saturated heterocycles. The number of nitrogens with one attached hydrogen (secondary N) is 1. The molecular formula is C21H21ClN4O5. The third-order valence-corrected chi connectivity index (χ3v) is 5.06. The number of carbonyl (C=O) groups is 2. The van der Waals surface area contributed by atoms with Crippen molar-refractivity contribution in [2.75, 3.05) is 19.7 Å². The molecule has 1 aliphatic rings. The fourth-order valence-electron chi connectivity index (χ4n) is 3.05. The van der Waals surface area contributed by atoms with Gasteiger partial charge in [0.15, 0.2) is 6.61 Å². The van der Waals surface area contributed by atoms with Crippen LogP contribution in [0.2, 0.25) is 5.02 Å². The van der Waals surface area contributed by atoms with Gasteiger partial charge < -0.3 is 9.64 Å². The molecule has 1 aliphatic heterocycles. The summed E-state index contributed by atoms with van der Waals surface area (Å²) in [6.07, 6.45) is 4.65. The summed E-state index contributed by atoms with van der Waals surface area (Å²) in [7, 11) is 0. The van der Waals surface area contributed by atoms with Crippen LogP contribution in [0.1, 0.15) is 35.2 Å². The number of hydrogen-bond donors (Lipinski definition) is 1. The molecule has 10 heteroatoms. The molecule has 3 rings (SSSR count). The highest BCUT2D eigenvalue weighted by molar-refractivity contribution is 6.32. The van der Waals surface area contributed by atoms with Crippen molar-refractivity contribution < 1.29 is 19.2 Å². The molecular weight excluding hydrogens is 424 g/mol. The number of carbonyl (C=O) groups excluding carboxylic acids is 2. The van der Waals surface area contributed by atoms with E-state index < -0.39 is 10.8 Å². The Labute approximate surface area is 183 Å². The maximum absolute atomic E-state index is 12.1. The minimum absolute atomic E-state index is 0.00325. The first-order valence-corrected chi connectivity index (χ1v) is 10.1. The molecule has 0 bridgehead atoms. The second-order valence-electron chi connectivity index (χ2n) is 6.92. The molecule has 1 N–H and O–H groups in total. The van der Waals surface area contributed by atoms with Gasteiger partial charge in [-0.3, -0.25) is 19.7 Å². The van der Waals surface area contributed by atoms with Crippen molar-refractivity contribution in [2.24, 2.45) is 5.10 Å². The van der Waals surface area contributed by atoms with Crippen LogP contribution in [0.25, 0.3) is 0 Å². The molecule has 0 aliphatic carbocycles. The first-order chi connectivity index (χ1) is 14.9. The number of rotatable bonds is 7. The number of hydrogen-bond acceptors (Lipinski definition) is 6. The Morgan fingerprint density at radius 3 is 2.55 bits per heavy atom. The molecule has 0 spiro atoms. The van der Waals surface area contributed by atoms with Gasteiger partial charge >= 0.3 is 0 Å². The normalized spacial score (nSPS) is 13.8. The van der Waals surface area contributed by atoms with Crippen LogP contribution in [0.5, 0.6) is 5.75 Å². The van der Waals surface area contributed by atoms with E-state index in [4.69, 9.17) is 16.3 Å². The van der Waals surface area contributed by atoms with Gasteiger partial charge in [0.05, 0.1) is 11.1 Å². The van der Waals surface area contributed by atoms with Gasteiger partial charge in [-0.05, 0) is 61.2 Å². The van der Waals surface area contributed by atoms with Crippen molar-refractivity contribution in [2.45, 2.75) is 19.3 Å². The van der Waals surface area contributed by atoms with E-state index in [-0.39, 0.29) is 28.8 Å². The topological polar surface area (TPSA) is 114 Å². The van der Waals surface area contributed by atoms with E-state index in [0.29, 0.717) is 11.3 Å². The third-order valence-electron chi connectivity index (χ3n) is 4.74. The zero-order valence-corrected chi connectivity index (χ0v) is 17.4. The van der Waals surface area contributed by atoms with E-state index in [0.717, 1.165) is 38.4 Å². The van der Waals surface area contributed by atoms with E-state index in [1.54, 1.807) is 24.3 Å². The Morgan fingerprint density at radius 1 is 1.16 bits per heavy atom. The lowest BCUT2D eigenvalue weighted by Crippen LogP contribution is -2.38. The number of hydrazone groups is 1. The van der Waals surface area contributed by atoms with Crippen molar-refractivity contribution >= 4 is 35.3 Å². The van der Waals surface area contributed by atoms with Crippen LogP contribution in [0, 0.1) is 10.1 Å². The average Bonchev–Trinajstić information content (AvgIpc) is 2.79. The Morgan fingerprint density at radius 2 is 1.87 bits per heavy atom. The quantitative estimate of drug-likeness (QED) is 0.399. The van der Waals surface area contributed by atoms with Crippen LogP contribution in [0.15, 0.2) is 47.6 Å². The fourth-order valence-corrected chi connectivity index (χ4v) is 3.24. The number of nitrogens with zero attached hydrogens (tertiary/aromatic N) is 3. The number of ether oxygens (including phenoxy) is 1. The Hall–Kier alpha value is -3.46. The summed E-state index contributed by atoms with van der Waals surface area (Å²) in [6, 6.07) is 10.6. The molecule has 0 unspecified atom stereocenters. The van der Waals surface area contributed by atoms with Gasteiger partial charge in [0.25, 0.3) is 17.5 Å². The molecule has 162 valence electrons. The molecule has 2 aromatic carbocycles. The van der Waals surface area contributed by atoms with E-state index in [2.05, 4.69) is 10.5 Å². The van der Waals surface area contributed by atoms with Gasteiger partial charge in [0, 0.05) is 24.7 Å². The molecule has 2 aromatic rings. The second-order valence-corrected chi connectivity index (χ2v) is 7.33. The largest absolute Gasteiger partial charge is 0.484 e. The highest BCUT2D eigenvalue weighted by Crippen LogP contribution is 2.25. The molecule has 0 saturated carbocycles. The minimum atomic E-state index is -0.661. The van der Waals surface area contributed by atoms with Crippen LogP contribution >= 0.6 is 11.6 Å². The van der Waals surface area contributed by atoms with E-state index >= 15 is 0 Å². The summed E-state index contributed by atoms with van der Waals surface area (Å²) in [5.41, 5.74) is 2.71. The molecule has 9 nitrogen and oxygen atoms in total. The van der Waals surface area contributed by atoms with Crippen molar-refractivity contribution in [1.82, 2.24) is 10.3 Å². The summed E-state index contributed by atoms with van der Waals surface area (Å²) >= 11 is 5.74. The summed E-state index contributed by atoms with van der Waals surface area (Å²) in [5, 5.41) is 14.7. The number of benzene rings is 2. The van der Waals surface area contributed by atoms with Crippen LogP contribution in [0.4, 0.5) is 5.69 Å². The summed E-state index contributed by atoms with van der Waals surface area (Å²) in [6.45, 7) is 1.57. The maximum atomic E-state index is 12.1. The molecule has 1 heterocycles. The highest BCUT2D eigenvalue weighted by atomic mass is 35.5. The number of nitro groups is 1. The summed E-state index contributed by atoms with van der Waals surface area (Å²) < 4.78 is 5.55. The lowest BCUT2D eigenvalue weighted by Gasteiger charge is -2.26. The van der Waals surface area contributed by atoms with Crippen molar-refractivity contribution in [3.8, 4) is 5.75 Å². The third kappa shape index (κ3) is 6.26. The van der Waals surface area contributed by atoms with Crippen LogP contribution in [0.3, 0.4) is 0 Å². The average molecular weight is 445 g/mol. The first kappa shape index (κ1) is 22.2. The predicted octanol–water partition coefficient (Wildman–Crippen LogP) is 3.40. The molecule has 2 amide bonds. The van der Waals surface area contributed by atoms with Crippen LogP contribution in [-0.2, 0) is 4.79 Å². The second kappa shape index (κ2) is 10.5. The number of likely N-dealkylation sites (tertiary alicyclic amines) is 1. The molecule has 1 fully saturated rings. The molecule has 0 atom stereocenters. The highest BCUT2D eigenvalue weighted by Gasteiger charge is 2.17. The first-order valence-electron chi connectivity index (χ1n) is 9.72. The Bertz CT molecular complexity index is 988. The SMILES string of the molecule is O=C(N/N=C/c1ccc(OCC(=O)N2CCCCC2)cc1)c1ccc(Cl)c([N+](=O)[O-])c1. The lowest BCUT2D eigenvalue weighted by atomic mass is 10.1. The molecule has 0 aromatic heterocycles. The predicted molar refractivity (Wildman–Crippen MR) is 116 cm³/mol. The van der Waals surface area contributed by atoms with Crippen molar-refractivity contribution in [3.63, 3.8) is 0 Å². The van der Waals surface area contributed by atoms with Crippen molar-refractivity contribution in [1.29, 1.82) is 0 Å². The lowest BCUT2D eigenvalue weighted by molar-refractivity contribution is -0.384. The maximum Gasteiger partial charge on any atom is 0.288 e. The van der Waals surface area contributed by atoms with Crippen molar-refractivity contribution in [3.05, 3.63) is 68.7 Å². The Balaban J connectivity index is 1.50. The number of nitro benzene ring substituents is 1.